The first kappa shape index (κ1) is 20.9. The van der Waals surface area contributed by atoms with Gasteiger partial charge < -0.3 is 20.5 Å². The molecule has 0 aliphatic heterocycles. The van der Waals surface area contributed by atoms with E-state index in [1.54, 1.807) is 24.3 Å². The molecule has 2 amide bonds. The van der Waals surface area contributed by atoms with Gasteiger partial charge in [0.15, 0.2) is 6.10 Å². The molecule has 0 saturated heterocycles. The van der Waals surface area contributed by atoms with E-state index in [9.17, 15) is 14.4 Å². The lowest BCUT2D eigenvalue weighted by Gasteiger charge is -2.14. The highest BCUT2D eigenvalue weighted by atomic mass is 32.1. The number of esters is 1. The second kappa shape index (κ2) is 9.09. The van der Waals surface area contributed by atoms with Crippen LogP contribution in [0.3, 0.4) is 0 Å². The van der Waals surface area contributed by atoms with Gasteiger partial charge in [-0.2, -0.15) is 0 Å². The summed E-state index contributed by atoms with van der Waals surface area (Å²) in [4.78, 5) is 37.7. The first-order valence-corrected chi connectivity index (χ1v) is 10.4. The highest BCUT2D eigenvalue weighted by molar-refractivity contribution is 7.17. The van der Waals surface area contributed by atoms with Crippen molar-refractivity contribution in [2.24, 2.45) is 5.73 Å². The van der Waals surface area contributed by atoms with E-state index in [0.29, 0.717) is 28.5 Å². The molecule has 0 saturated carbocycles. The highest BCUT2D eigenvalue weighted by Gasteiger charge is 2.28. The second-order valence-electron chi connectivity index (χ2n) is 6.84. The molecule has 1 atom stereocenters. The maximum Gasteiger partial charge on any atom is 0.338 e. The molecule has 3 rings (SSSR count). The van der Waals surface area contributed by atoms with E-state index < -0.39 is 23.9 Å². The van der Waals surface area contributed by atoms with Crippen LogP contribution in [0.25, 0.3) is 0 Å². The molecule has 0 fully saturated rings. The van der Waals surface area contributed by atoms with Gasteiger partial charge in [0.25, 0.3) is 11.8 Å². The number of fused-ring (bicyclic) bond motifs is 1. The van der Waals surface area contributed by atoms with Crippen LogP contribution >= 0.6 is 11.3 Å². The van der Waals surface area contributed by atoms with Crippen LogP contribution < -0.4 is 15.8 Å². The number of rotatable bonds is 8. The summed E-state index contributed by atoms with van der Waals surface area (Å²) in [5, 5.41) is 3.12. The predicted octanol–water partition coefficient (Wildman–Crippen LogP) is 3.31. The van der Waals surface area contributed by atoms with Gasteiger partial charge in [-0.15, -0.1) is 11.3 Å². The zero-order valence-corrected chi connectivity index (χ0v) is 17.3. The molecule has 1 aromatic heterocycles. The number of thiophene rings is 1. The molecule has 0 radical (unpaired) electrons. The SMILES string of the molecule is CCCOc1ccc(C(=O)O[C@@H](C)C(=O)Nc2sc3c(c2C(N)=O)CCC3)cc1. The number of nitrogens with two attached hydrogens (primary N) is 1. The van der Waals surface area contributed by atoms with Gasteiger partial charge in [0.05, 0.1) is 17.7 Å². The summed E-state index contributed by atoms with van der Waals surface area (Å²) in [6.07, 6.45) is 2.49. The molecule has 8 heteroatoms. The van der Waals surface area contributed by atoms with Gasteiger partial charge in [0, 0.05) is 4.88 Å². The molecule has 154 valence electrons. The predicted molar refractivity (Wildman–Crippen MR) is 111 cm³/mol. The Morgan fingerprint density at radius 2 is 1.93 bits per heavy atom. The van der Waals surface area contributed by atoms with E-state index in [4.69, 9.17) is 15.2 Å². The average molecular weight is 416 g/mol. The summed E-state index contributed by atoms with van der Waals surface area (Å²) in [6.45, 7) is 4.09. The van der Waals surface area contributed by atoms with Gasteiger partial charge in [-0.25, -0.2) is 4.79 Å². The van der Waals surface area contributed by atoms with Crippen molar-refractivity contribution in [3.8, 4) is 5.75 Å². The minimum atomic E-state index is -1.03. The van der Waals surface area contributed by atoms with Crippen molar-refractivity contribution in [1.82, 2.24) is 0 Å². The molecule has 1 aliphatic carbocycles. The van der Waals surface area contributed by atoms with E-state index in [1.807, 2.05) is 6.92 Å². The van der Waals surface area contributed by atoms with E-state index >= 15 is 0 Å². The number of primary amides is 1. The van der Waals surface area contributed by atoms with Crippen LogP contribution in [0.5, 0.6) is 5.75 Å². The molecule has 0 spiro atoms. The number of benzene rings is 1. The van der Waals surface area contributed by atoms with Crippen molar-refractivity contribution in [2.75, 3.05) is 11.9 Å². The van der Waals surface area contributed by atoms with Gasteiger partial charge in [-0.3, -0.25) is 9.59 Å². The Morgan fingerprint density at radius 1 is 1.21 bits per heavy atom. The Kier molecular flexibility index (Phi) is 6.53. The van der Waals surface area contributed by atoms with Crippen molar-refractivity contribution >= 4 is 34.1 Å². The summed E-state index contributed by atoms with van der Waals surface area (Å²) in [5.41, 5.74) is 7.12. The van der Waals surface area contributed by atoms with Crippen LogP contribution in [0.15, 0.2) is 24.3 Å². The van der Waals surface area contributed by atoms with Crippen molar-refractivity contribution in [3.63, 3.8) is 0 Å². The fourth-order valence-corrected chi connectivity index (χ4v) is 4.45. The fraction of sp³-hybridized carbons (Fsp3) is 0.381. The zero-order valence-electron chi connectivity index (χ0n) is 16.4. The number of carbonyl (C=O) groups is 3. The first-order chi connectivity index (χ1) is 13.9. The third-order valence-corrected chi connectivity index (χ3v) is 5.83. The van der Waals surface area contributed by atoms with Crippen molar-refractivity contribution in [3.05, 3.63) is 45.8 Å². The topological polar surface area (TPSA) is 108 Å². The van der Waals surface area contributed by atoms with E-state index in [2.05, 4.69) is 5.32 Å². The smallest absolute Gasteiger partial charge is 0.338 e. The van der Waals surface area contributed by atoms with Crippen LogP contribution in [0, 0.1) is 0 Å². The molecule has 7 nitrogen and oxygen atoms in total. The lowest BCUT2D eigenvalue weighted by Crippen LogP contribution is -2.30. The van der Waals surface area contributed by atoms with Crippen molar-refractivity contribution in [2.45, 2.75) is 45.6 Å². The number of ether oxygens (including phenoxy) is 2. The molecule has 1 aliphatic rings. The van der Waals surface area contributed by atoms with Crippen molar-refractivity contribution < 1.29 is 23.9 Å². The Labute approximate surface area is 173 Å². The summed E-state index contributed by atoms with van der Waals surface area (Å²) in [6, 6.07) is 6.55. The maximum atomic E-state index is 12.5. The molecule has 3 N–H and O–H groups in total. The Hall–Kier alpha value is -2.87. The number of anilines is 1. The van der Waals surface area contributed by atoms with Gasteiger partial charge in [-0.1, -0.05) is 6.92 Å². The maximum absolute atomic E-state index is 12.5. The number of aryl methyl sites for hydroxylation is 1. The Morgan fingerprint density at radius 3 is 2.59 bits per heavy atom. The van der Waals surface area contributed by atoms with Crippen LogP contribution in [0.1, 0.15) is 57.8 Å². The van der Waals surface area contributed by atoms with Gasteiger partial charge in [0.2, 0.25) is 0 Å². The number of hydrogen-bond acceptors (Lipinski definition) is 6. The summed E-state index contributed by atoms with van der Waals surface area (Å²) >= 11 is 1.36. The molecule has 29 heavy (non-hydrogen) atoms. The largest absolute Gasteiger partial charge is 0.494 e. The minimum absolute atomic E-state index is 0.321. The fourth-order valence-electron chi connectivity index (χ4n) is 3.16. The third-order valence-electron chi connectivity index (χ3n) is 4.62. The molecule has 0 unspecified atom stereocenters. The van der Waals surface area contributed by atoms with E-state index in [-0.39, 0.29) is 0 Å². The quantitative estimate of drug-likeness (QED) is 0.642. The van der Waals surface area contributed by atoms with E-state index in [0.717, 1.165) is 36.1 Å². The van der Waals surface area contributed by atoms with Crippen molar-refractivity contribution in [1.29, 1.82) is 0 Å². The first-order valence-electron chi connectivity index (χ1n) is 9.59. The molecule has 0 bridgehead atoms. The molecular weight excluding hydrogens is 392 g/mol. The summed E-state index contributed by atoms with van der Waals surface area (Å²) in [7, 11) is 0. The lowest BCUT2D eigenvalue weighted by atomic mass is 10.1. The van der Waals surface area contributed by atoms with Crippen LogP contribution in [0.2, 0.25) is 0 Å². The minimum Gasteiger partial charge on any atom is -0.494 e. The van der Waals surface area contributed by atoms with Gasteiger partial charge in [0.1, 0.15) is 10.8 Å². The number of amides is 2. The lowest BCUT2D eigenvalue weighted by molar-refractivity contribution is -0.123. The monoisotopic (exact) mass is 416 g/mol. The van der Waals surface area contributed by atoms with Crippen LogP contribution in [-0.4, -0.2) is 30.5 Å². The van der Waals surface area contributed by atoms with Crippen LogP contribution in [0.4, 0.5) is 5.00 Å². The molecule has 1 aromatic carbocycles. The average Bonchev–Trinajstić information content (AvgIpc) is 3.27. The van der Waals surface area contributed by atoms with Gasteiger partial charge >= 0.3 is 5.97 Å². The molecule has 1 heterocycles. The van der Waals surface area contributed by atoms with Gasteiger partial charge in [-0.05, 0) is 62.4 Å². The summed E-state index contributed by atoms with van der Waals surface area (Å²) < 4.78 is 10.7. The second-order valence-corrected chi connectivity index (χ2v) is 7.94. The Bertz CT molecular complexity index is 920. The standard InChI is InChI=1S/C21H24N2O5S/c1-3-11-27-14-9-7-13(8-10-14)21(26)28-12(2)19(25)23-20-17(18(22)24)15-5-4-6-16(15)29-20/h7-10,12H,3-6,11H2,1-2H3,(H2,22,24)(H,23,25)/t12-/m0/s1. The normalized spacial score (nSPS) is 13.4. The number of carbonyl (C=O) groups excluding carboxylic acids is 3. The van der Waals surface area contributed by atoms with E-state index in [1.165, 1.54) is 18.3 Å². The highest BCUT2D eigenvalue weighted by Crippen LogP contribution is 2.38. The zero-order chi connectivity index (χ0) is 21.0. The Balaban J connectivity index is 1.62. The third kappa shape index (κ3) is 4.76. The van der Waals surface area contributed by atoms with Crippen LogP contribution in [-0.2, 0) is 22.4 Å². The molecular formula is C21H24N2O5S. The summed E-state index contributed by atoms with van der Waals surface area (Å²) in [5.74, 6) is -1.02. The number of hydrogen-bond donors (Lipinski definition) is 2. The number of nitrogens with one attached hydrogen (secondary N) is 1. The molecule has 2 aromatic rings.